The lowest BCUT2D eigenvalue weighted by atomic mass is 9.69. The molecule has 0 saturated heterocycles. The summed E-state index contributed by atoms with van der Waals surface area (Å²) in [4.78, 5) is 39.2. The zero-order chi connectivity index (χ0) is 24.0. The third kappa shape index (κ3) is 3.01. The Labute approximate surface area is 191 Å². The Morgan fingerprint density at radius 2 is 1.91 bits per heavy atom. The first-order valence-corrected chi connectivity index (χ1v) is 11.3. The molecule has 2 aromatic rings. The molecular weight excluding hydrogens is 424 g/mol. The number of carbonyl (C=O) groups is 2. The van der Waals surface area contributed by atoms with E-state index in [4.69, 9.17) is 9.15 Å². The van der Waals surface area contributed by atoms with Gasteiger partial charge in [0.05, 0.1) is 11.7 Å². The second-order valence-corrected chi connectivity index (χ2v) is 10.8. The summed E-state index contributed by atoms with van der Waals surface area (Å²) >= 11 is 0. The fourth-order valence-corrected chi connectivity index (χ4v) is 6.05. The van der Waals surface area contributed by atoms with Crippen molar-refractivity contribution in [2.24, 2.45) is 23.2 Å². The average molecular weight is 453 g/mol. The number of phenolic OH excluding ortho intramolecular Hbond substituents is 1. The summed E-state index contributed by atoms with van der Waals surface area (Å²) in [5.74, 6) is -1.88. The zero-order valence-electron chi connectivity index (χ0n) is 19.4. The minimum atomic E-state index is -0.862. The molecule has 7 heteroatoms. The van der Waals surface area contributed by atoms with Crippen molar-refractivity contribution in [1.82, 2.24) is 0 Å². The molecule has 0 unspecified atom stereocenters. The average Bonchev–Trinajstić information content (AvgIpc) is 2.88. The van der Waals surface area contributed by atoms with Crippen LogP contribution < -0.4 is 10.2 Å². The molecular formula is C26H28O7. The SMILES string of the molecule is CC(=O)C[C@@H]1[C@@H]2C(=O)c3oc4c5c(cc(O)c4c(=O)c3C[C@H]2C(C)(C)[C@@H]1O)OC(C)(C)C=C5. The van der Waals surface area contributed by atoms with Gasteiger partial charge in [0.15, 0.2) is 16.8 Å². The molecule has 174 valence electrons. The zero-order valence-corrected chi connectivity index (χ0v) is 19.4. The summed E-state index contributed by atoms with van der Waals surface area (Å²) in [6.07, 6.45) is 3.05. The van der Waals surface area contributed by atoms with Crippen molar-refractivity contribution in [2.75, 3.05) is 0 Å². The van der Waals surface area contributed by atoms with Gasteiger partial charge >= 0.3 is 0 Å². The van der Waals surface area contributed by atoms with Crippen molar-refractivity contribution in [3.63, 3.8) is 0 Å². The van der Waals surface area contributed by atoms with Gasteiger partial charge in [0.1, 0.15) is 28.3 Å². The minimum Gasteiger partial charge on any atom is -0.507 e. The van der Waals surface area contributed by atoms with Crippen LogP contribution in [0.3, 0.4) is 0 Å². The standard InChI is InChI=1S/C26H28O7/c1-11(27)8-13-18-15(26(4,5)24(13)31)9-14-20(29)19-16(28)10-17-12(6-7-25(2,3)33-17)22(19)32-23(14)21(18)30/h6-7,10,13,15,18,24,28,31H,8-9H2,1-5H3/t13-,15-,18+,24-/m1/s1. The number of aromatic hydroxyl groups is 1. The second-order valence-electron chi connectivity index (χ2n) is 10.8. The van der Waals surface area contributed by atoms with E-state index in [-0.39, 0.29) is 58.4 Å². The number of phenols is 1. The van der Waals surface area contributed by atoms with Crippen molar-refractivity contribution in [2.45, 2.75) is 59.2 Å². The number of ketones is 2. The predicted molar refractivity (Wildman–Crippen MR) is 121 cm³/mol. The van der Waals surface area contributed by atoms with E-state index in [9.17, 15) is 24.6 Å². The Hall–Kier alpha value is -2.93. The highest BCUT2D eigenvalue weighted by atomic mass is 16.5. The number of hydrogen-bond donors (Lipinski definition) is 2. The summed E-state index contributed by atoms with van der Waals surface area (Å²) < 4.78 is 12.0. The Bertz CT molecular complexity index is 1310. The highest BCUT2D eigenvalue weighted by molar-refractivity contribution is 6.02. The maximum absolute atomic E-state index is 13.7. The van der Waals surface area contributed by atoms with Gasteiger partial charge in [-0.15, -0.1) is 0 Å². The van der Waals surface area contributed by atoms with Gasteiger partial charge in [-0.3, -0.25) is 9.59 Å². The molecule has 0 bridgehead atoms. The normalized spacial score (nSPS) is 28.7. The van der Waals surface area contributed by atoms with E-state index in [0.717, 1.165) is 0 Å². The predicted octanol–water partition coefficient (Wildman–Crippen LogP) is 3.65. The number of Topliss-reactive ketones (excluding diaryl/α,β-unsaturated/α-hetero) is 2. The molecule has 4 atom stereocenters. The molecule has 7 nitrogen and oxygen atoms in total. The van der Waals surface area contributed by atoms with E-state index in [1.165, 1.54) is 13.0 Å². The van der Waals surface area contributed by atoms with Crippen LogP contribution in [0.2, 0.25) is 0 Å². The summed E-state index contributed by atoms with van der Waals surface area (Å²) in [7, 11) is 0. The van der Waals surface area contributed by atoms with Gasteiger partial charge in [-0.2, -0.15) is 0 Å². The first-order chi connectivity index (χ1) is 15.3. The van der Waals surface area contributed by atoms with E-state index < -0.39 is 34.4 Å². The van der Waals surface area contributed by atoms with Gasteiger partial charge in [0.2, 0.25) is 5.78 Å². The smallest absolute Gasteiger partial charge is 0.202 e. The number of ether oxygens (including phenoxy) is 1. The van der Waals surface area contributed by atoms with Crippen molar-refractivity contribution >= 4 is 28.6 Å². The molecule has 1 aromatic heterocycles. The van der Waals surface area contributed by atoms with Crippen molar-refractivity contribution in [3.05, 3.63) is 39.3 Å². The number of hydrogen-bond acceptors (Lipinski definition) is 7. The fourth-order valence-electron chi connectivity index (χ4n) is 6.05. The summed E-state index contributed by atoms with van der Waals surface area (Å²) in [6, 6.07) is 1.41. The van der Waals surface area contributed by atoms with Crippen LogP contribution in [-0.4, -0.2) is 33.5 Å². The highest BCUT2D eigenvalue weighted by Crippen LogP contribution is 2.56. The Morgan fingerprint density at radius 1 is 1.21 bits per heavy atom. The molecule has 1 aliphatic heterocycles. The van der Waals surface area contributed by atoms with Crippen LogP contribution in [0.5, 0.6) is 11.5 Å². The lowest BCUT2D eigenvalue weighted by Gasteiger charge is -2.34. The molecule has 0 radical (unpaired) electrons. The highest BCUT2D eigenvalue weighted by Gasteiger charge is 2.60. The molecule has 2 aliphatic carbocycles. The van der Waals surface area contributed by atoms with Gasteiger partial charge in [0.25, 0.3) is 0 Å². The molecule has 3 aliphatic rings. The van der Waals surface area contributed by atoms with E-state index >= 15 is 0 Å². The largest absolute Gasteiger partial charge is 0.507 e. The fraction of sp³-hybridized carbons (Fsp3) is 0.500. The quantitative estimate of drug-likeness (QED) is 0.715. The monoisotopic (exact) mass is 452 g/mol. The first kappa shape index (κ1) is 21.9. The number of rotatable bonds is 2. The molecule has 33 heavy (non-hydrogen) atoms. The Kier molecular flexibility index (Phi) is 4.51. The van der Waals surface area contributed by atoms with Crippen molar-refractivity contribution < 1.29 is 29.0 Å². The lowest BCUT2D eigenvalue weighted by molar-refractivity contribution is -0.119. The van der Waals surface area contributed by atoms with Gasteiger partial charge in [-0.1, -0.05) is 13.8 Å². The van der Waals surface area contributed by atoms with Crippen LogP contribution in [0.15, 0.2) is 21.4 Å². The van der Waals surface area contributed by atoms with Crippen LogP contribution in [0.4, 0.5) is 0 Å². The van der Waals surface area contributed by atoms with Crippen LogP contribution in [0.25, 0.3) is 17.0 Å². The lowest BCUT2D eigenvalue weighted by Crippen LogP contribution is -2.38. The maximum Gasteiger partial charge on any atom is 0.202 e. The molecule has 1 saturated carbocycles. The number of aliphatic hydroxyl groups is 1. The summed E-state index contributed by atoms with van der Waals surface area (Å²) in [6.45, 7) is 8.92. The van der Waals surface area contributed by atoms with Gasteiger partial charge in [-0.25, -0.2) is 0 Å². The minimum absolute atomic E-state index is 0.0170. The van der Waals surface area contributed by atoms with E-state index in [0.29, 0.717) is 11.3 Å². The van der Waals surface area contributed by atoms with E-state index in [2.05, 4.69) is 0 Å². The molecule has 0 amide bonds. The van der Waals surface area contributed by atoms with Crippen LogP contribution >= 0.6 is 0 Å². The second kappa shape index (κ2) is 6.79. The van der Waals surface area contributed by atoms with E-state index in [1.807, 2.05) is 33.8 Å². The molecule has 1 aromatic carbocycles. The number of aliphatic hydroxyl groups excluding tert-OH is 1. The Balaban J connectivity index is 1.74. The molecule has 1 fully saturated rings. The molecule has 2 N–H and O–H groups in total. The van der Waals surface area contributed by atoms with Crippen molar-refractivity contribution in [1.29, 1.82) is 0 Å². The van der Waals surface area contributed by atoms with E-state index in [1.54, 1.807) is 6.08 Å². The summed E-state index contributed by atoms with van der Waals surface area (Å²) in [5, 5.41) is 21.7. The van der Waals surface area contributed by atoms with Crippen LogP contribution in [-0.2, 0) is 11.2 Å². The Morgan fingerprint density at radius 3 is 2.58 bits per heavy atom. The van der Waals surface area contributed by atoms with Gasteiger partial charge in [0, 0.05) is 29.9 Å². The molecule has 5 rings (SSSR count). The third-order valence-corrected chi connectivity index (χ3v) is 7.76. The first-order valence-electron chi connectivity index (χ1n) is 11.3. The van der Waals surface area contributed by atoms with Gasteiger partial charge in [-0.05, 0) is 50.7 Å². The van der Waals surface area contributed by atoms with Crippen LogP contribution in [0, 0.1) is 23.2 Å². The third-order valence-electron chi connectivity index (χ3n) is 7.76. The number of carbonyl (C=O) groups excluding carboxylic acids is 2. The molecule has 2 heterocycles. The summed E-state index contributed by atoms with van der Waals surface area (Å²) in [5.41, 5.74) is -0.904. The molecule has 0 spiro atoms. The van der Waals surface area contributed by atoms with Crippen LogP contribution in [0.1, 0.15) is 62.7 Å². The van der Waals surface area contributed by atoms with Gasteiger partial charge < -0.3 is 24.2 Å². The van der Waals surface area contributed by atoms with Crippen molar-refractivity contribution in [3.8, 4) is 11.5 Å². The number of benzene rings is 1. The topological polar surface area (TPSA) is 114 Å². The number of fused-ring (bicyclic) bond motifs is 5. The maximum atomic E-state index is 13.7.